The summed E-state index contributed by atoms with van der Waals surface area (Å²) in [6.45, 7) is 0.386. The molecule has 2 aromatic carbocycles. The van der Waals surface area contributed by atoms with Gasteiger partial charge in [-0.3, -0.25) is 0 Å². The van der Waals surface area contributed by atoms with Gasteiger partial charge in [0.15, 0.2) is 6.10 Å². The van der Waals surface area contributed by atoms with E-state index in [4.69, 9.17) is 10.00 Å². The first kappa shape index (κ1) is 14.3. The molecule has 0 aliphatic rings. The highest BCUT2D eigenvalue weighted by Crippen LogP contribution is 2.12. The van der Waals surface area contributed by atoms with Crippen LogP contribution in [0, 0.1) is 11.3 Å². The first-order chi connectivity index (χ1) is 9.79. The second-order valence-corrected chi connectivity index (χ2v) is 4.60. The summed E-state index contributed by atoms with van der Waals surface area (Å²) in [5, 5.41) is 18.7. The van der Waals surface area contributed by atoms with E-state index < -0.39 is 12.2 Å². The van der Waals surface area contributed by atoms with Gasteiger partial charge in [-0.25, -0.2) is 0 Å². The molecule has 0 radical (unpaired) electrons. The smallest absolute Gasteiger partial charge is 0.166 e. The molecular formula is C17H17NO2. The van der Waals surface area contributed by atoms with Crippen molar-refractivity contribution in [1.82, 2.24) is 0 Å². The van der Waals surface area contributed by atoms with Crippen LogP contribution < -0.4 is 0 Å². The molecule has 0 amide bonds. The summed E-state index contributed by atoms with van der Waals surface area (Å²) >= 11 is 0. The Labute approximate surface area is 119 Å². The van der Waals surface area contributed by atoms with Gasteiger partial charge >= 0.3 is 0 Å². The fraction of sp³-hybridized carbons (Fsp3) is 0.235. The number of rotatable bonds is 6. The van der Waals surface area contributed by atoms with E-state index in [1.165, 1.54) is 0 Å². The van der Waals surface area contributed by atoms with Crippen molar-refractivity contribution in [2.24, 2.45) is 0 Å². The van der Waals surface area contributed by atoms with Crippen molar-refractivity contribution in [1.29, 1.82) is 5.26 Å². The van der Waals surface area contributed by atoms with Gasteiger partial charge in [0.25, 0.3) is 0 Å². The number of hydrogen-bond donors (Lipinski definition) is 1. The molecule has 0 heterocycles. The van der Waals surface area contributed by atoms with Gasteiger partial charge in [0, 0.05) is 6.42 Å². The average molecular weight is 267 g/mol. The van der Waals surface area contributed by atoms with Gasteiger partial charge in [-0.1, -0.05) is 60.7 Å². The minimum absolute atomic E-state index is 0.386. The first-order valence-corrected chi connectivity index (χ1v) is 6.56. The van der Waals surface area contributed by atoms with Crippen molar-refractivity contribution in [3.05, 3.63) is 71.8 Å². The Balaban J connectivity index is 1.99. The lowest BCUT2D eigenvalue weighted by molar-refractivity contribution is -0.0231. The zero-order valence-corrected chi connectivity index (χ0v) is 11.1. The van der Waals surface area contributed by atoms with Crippen LogP contribution in [0.5, 0.6) is 0 Å². The van der Waals surface area contributed by atoms with E-state index in [1.54, 1.807) is 0 Å². The minimum Gasteiger partial charge on any atom is -0.375 e. The Kier molecular flexibility index (Phi) is 5.31. The van der Waals surface area contributed by atoms with Crippen LogP contribution >= 0.6 is 0 Å². The van der Waals surface area contributed by atoms with Crippen LogP contribution in [0.25, 0.3) is 0 Å². The van der Waals surface area contributed by atoms with Gasteiger partial charge in [-0.2, -0.15) is 5.26 Å². The SMILES string of the molecule is N#C[C@@H](O)[C@@H](Cc1ccccc1)OCc1ccccc1. The lowest BCUT2D eigenvalue weighted by atomic mass is 10.0. The number of aliphatic hydroxyl groups excluding tert-OH is 1. The quantitative estimate of drug-likeness (QED) is 0.819. The van der Waals surface area contributed by atoms with Gasteiger partial charge in [-0.05, 0) is 11.1 Å². The van der Waals surface area contributed by atoms with Crippen LogP contribution in [0.3, 0.4) is 0 Å². The Morgan fingerprint density at radius 3 is 2.05 bits per heavy atom. The standard InChI is InChI=1S/C17H17NO2/c18-12-16(19)17(11-14-7-3-1-4-8-14)20-13-15-9-5-2-6-10-15/h1-10,16-17,19H,11,13H2/t16-,17-/m1/s1. The third-order valence-electron chi connectivity index (χ3n) is 3.07. The maximum Gasteiger partial charge on any atom is 0.166 e. The monoisotopic (exact) mass is 267 g/mol. The molecule has 0 aromatic heterocycles. The molecule has 1 N–H and O–H groups in total. The highest BCUT2D eigenvalue weighted by molar-refractivity contribution is 5.17. The van der Waals surface area contributed by atoms with Crippen molar-refractivity contribution in [2.75, 3.05) is 0 Å². The zero-order valence-electron chi connectivity index (χ0n) is 11.1. The average Bonchev–Trinajstić information content (AvgIpc) is 2.52. The molecule has 0 spiro atoms. The Morgan fingerprint density at radius 1 is 0.950 bits per heavy atom. The van der Waals surface area contributed by atoms with E-state index in [2.05, 4.69) is 0 Å². The van der Waals surface area contributed by atoms with Crippen molar-refractivity contribution in [3.8, 4) is 6.07 Å². The molecule has 102 valence electrons. The van der Waals surface area contributed by atoms with Crippen molar-refractivity contribution in [3.63, 3.8) is 0 Å². The van der Waals surface area contributed by atoms with Crippen molar-refractivity contribution in [2.45, 2.75) is 25.2 Å². The summed E-state index contributed by atoms with van der Waals surface area (Å²) in [7, 11) is 0. The molecule has 0 bridgehead atoms. The van der Waals surface area contributed by atoms with Crippen LogP contribution in [0.2, 0.25) is 0 Å². The topological polar surface area (TPSA) is 53.2 Å². The Bertz CT molecular complexity index is 548. The lowest BCUT2D eigenvalue weighted by Crippen LogP contribution is -2.29. The molecule has 20 heavy (non-hydrogen) atoms. The van der Waals surface area contributed by atoms with Gasteiger partial charge in [-0.15, -0.1) is 0 Å². The molecule has 0 fully saturated rings. The maximum absolute atomic E-state index is 9.77. The van der Waals surface area contributed by atoms with Crippen LogP contribution in [-0.4, -0.2) is 17.3 Å². The fourth-order valence-electron chi connectivity index (χ4n) is 1.97. The lowest BCUT2D eigenvalue weighted by Gasteiger charge is -2.19. The number of hydrogen-bond acceptors (Lipinski definition) is 3. The molecule has 0 aliphatic heterocycles. The van der Waals surface area contributed by atoms with Crippen molar-refractivity contribution < 1.29 is 9.84 Å². The summed E-state index contributed by atoms with van der Waals surface area (Å²) < 4.78 is 5.71. The molecule has 0 unspecified atom stereocenters. The molecule has 2 rings (SSSR count). The number of ether oxygens (including phenoxy) is 1. The fourth-order valence-corrected chi connectivity index (χ4v) is 1.97. The van der Waals surface area contributed by atoms with E-state index in [0.717, 1.165) is 11.1 Å². The summed E-state index contributed by atoms with van der Waals surface area (Å²) in [4.78, 5) is 0. The third kappa shape index (κ3) is 4.20. The summed E-state index contributed by atoms with van der Waals surface area (Å²) in [6, 6.07) is 21.3. The van der Waals surface area contributed by atoms with Crippen LogP contribution in [-0.2, 0) is 17.8 Å². The molecule has 3 heteroatoms. The second kappa shape index (κ2) is 7.44. The number of nitrogens with zero attached hydrogens (tertiary/aromatic N) is 1. The van der Waals surface area contributed by atoms with E-state index in [9.17, 15) is 5.11 Å². The van der Waals surface area contributed by atoms with E-state index in [1.807, 2.05) is 66.7 Å². The highest BCUT2D eigenvalue weighted by Gasteiger charge is 2.20. The first-order valence-electron chi connectivity index (χ1n) is 6.56. The van der Waals surface area contributed by atoms with E-state index in [-0.39, 0.29) is 0 Å². The Morgan fingerprint density at radius 2 is 1.50 bits per heavy atom. The molecule has 2 aromatic rings. The summed E-state index contributed by atoms with van der Waals surface area (Å²) in [5.74, 6) is 0. The molecular weight excluding hydrogens is 250 g/mol. The van der Waals surface area contributed by atoms with Crippen molar-refractivity contribution >= 4 is 0 Å². The summed E-state index contributed by atoms with van der Waals surface area (Å²) in [5.41, 5.74) is 2.07. The Hall–Kier alpha value is -2.15. The van der Waals surface area contributed by atoms with E-state index in [0.29, 0.717) is 13.0 Å². The van der Waals surface area contributed by atoms with Gasteiger partial charge < -0.3 is 9.84 Å². The number of aliphatic hydroxyl groups is 1. The van der Waals surface area contributed by atoms with Gasteiger partial charge in [0.2, 0.25) is 0 Å². The van der Waals surface area contributed by atoms with E-state index >= 15 is 0 Å². The number of nitriles is 1. The molecule has 0 aliphatic carbocycles. The molecule has 0 saturated carbocycles. The highest BCUT2D eigenvalue weighted by atomic mass is 16.5. The summed E-state index contributed by atoms with van der Waals surface area (Å²) in [6.07, 6.45) is -1.14. The van der Waals surface area contributed by atoms with Gasteiger partial charge in [0.05, 0.1) is 12.7 Å². The largest absolute Gasteiger partial charge is 0.375 e. The molecule has 0 saturated heterocycles. The maximum atomic E-state index is 9.77. The molecule has 3 nitrogen and oxygen atoms in total. The van der Waals surface area contributed by atoms with Crippen LogP contribution in [0.15, 0.2) is 60.7 Å². The molecule has 2 atom stereocenters. The van der Waals surface area contributed by atoms with Gasteiger partial charge in [0.1, 0.15) is 6.10 Å². The van der Waals surface area contributed by atoms with Crippen LogP contribution in [0.4, 0.5) is 0 Å². The minimum atomic E-state index is -1.13. The predicted molar refractivity (Wildman–Crippen MR) is 76.8 cm³/mol. The predicted octanol–water partition coefficient (Wildman–Crippen LogP) is 2.70. The third-order valence-corrected chi connectivity index (χ3v) is 3.07. The zero-order chi connectivity index (χ0) is 14.2. The second-order valence-electron chi connectivity index (χ2n) is 4.60. The normalized spacial score (nSPS) is 13.4. The van der Waals surface area contributed by atoms with Crippen LogP contribution in [0.1, 0.15) is 11.1 Å². The number of benzene rings is 2.